The van der Waals surface area contributed by atoms with E-state index in [2.05, 4.69) is 4.98 Å². The van der Waals surface area contributed by atoms with Gasteiger partial charge in [-0.1, -0.05) is 0 Å². The Kier molecular flexibility index (Phi) is 2.47. The van der Waals surface area contributed by atoms with Crippen molar-refractivity contribution in [1.29, 1.82) is 0 Å². The van der Waals surface area contributed by atoms with Gasteiger partial charge in [-0.25, -0.2) is 13.8 Å². The van der Waals surface area contributed by atoms with E-state index in [-0.39, 0.29) is 23.6 Å². The summed E-state index contributed by atoms with van der Waals surface area (Å²) in [6, 6.07) is 2.99. The van der Waals surface area contributed by atoms with Crippen LogP contribution in [0.5, 0.6) is 0 Å². The third-order valence-corrected chi connectivity index (χ3v) is 1.92. The topological polar surface area (TPSA) is 46.3 Å². The third kappa shape index (κ3) is 1.87. The number of benzene rings is 1. The number of nitrogens with zero attached hydrogens (tertiary/aromatic N) is 1. The zero-order valence-electron chi connectivity index (χ0n) is 7.58. The number of aromatic nitrogens is 1. The standard InChI is InChI=1S/C10H7F2NO2/c11-7-1-6(2-8(12)3-7)10-9(4-14)13-5-15-10/h1-3,5,14H,4H2. The van der Waals surface area contributed by atoms with Crippen molar-refractivity contribution in [2.45, 2.75) is 6.61 Å². The second-order valence-corrected chi connectivity index (χ2v) is 2.94. The van der Waals surface area contributed by atoms with Crippen molar-refractivity contribution in [3.63, 3.8) is 0 Å². The maximum Gasteiger partial charge on any atom is 0.181 e. The Bertz CT molecular complexity index is 462. The van der Waals surface area contributed by atoms with Crippen LogP contribution in [-0.4, -0.2) is 10.1 Å². The van der Waals surface area contributed by atoms with Gasteiger partial charge in [0, 0.05) is 11.6 Å². The average molecular weight is 211 g/mol. The molecular weight excluding hydrogens is 204 g/mol. The van der Waals surface area contributed by atoms with Crippen molar-refractivity contribution in [1.82, 2.24) is 4.98 Å². The number of halogens is 2. The summed E-state index contributed by atoms with van der Waals surface area (Å²) in [6.07, 6.45) is 1.11. The predicted octanol–water partition coefficient (Wildman–Crippen LogP) is 2.11. The average Bonchev–Trinajstić information content (AvgIpc) is 2.63. The Morgan fingerprint density at radius 2 is 1.87 bits per heavy atom. The maximum atomic E-state index is 12.9. The lowest BCUT2D eigenvalue weighted by molar-refractivity contribution is 0.277. The fourth-order valence-electron chi connectivity index (χ4n) is 1.30. The van der Waals surface area contributed by atoms with Gasteiger partial charge in [0.2, 0.25) is 0 Å². The molecule has 1 aromatic carbocycles. The predicted molar refractivity (Wildman–Crippen MR) is 47.8 cm³/mol. The van der Waals surface area contributed by atoms with Gasteiger partial charge in [0.1, 0.15) is 17.3 Å². The van der Waals surface area contributed by atoms with E-state index < -0.39 is 11.6 Å². The van der Waals surface area contributed by atoms with Crippen molar-refractivity contribution < 1.29 is 18.3 Å². The monoisotopic (exact) mass is 211 g/mol. The molecular formula is C10H7F2NO2. The molecule has 1 heterocycles. The lowest BCUT2D eigenvalue weighted by Gasteiger charge is -1.99. The molecule has 0 aliphatic rings. The minimum atomic E-state index is -0.703. The summed E-state index contributed by atoms with van der Waals surface area (Å²) in [5, 5.41) is 8.90. The van der Waals surface area contributed by atoms with Gasteiger partial charge in [0.05, 0.1) is 6.61 Å². The van der Waals surface area contributed by atoms with Gasteiger partial charge in [-0.2, -0.15) is 0 Å². The number of oxazole rings is 1. The molecule has 0 spiro atoms. The van der Waals surface area contributed by atoms with E-state index in [0.717, 1.165) is 24.6 Å². The van der Waals surface area contributed by atoms with E-state index in [0.29, 0.717) is 0 Å². The summed E-state index contributed by atoms with van der Waals surface area (Å²) >= 11 is 0. The highest BCUT2D eigenvalue weighted by Crippen LogP contribution is 2.24. The highest BCUT2D eigenvalue weighted by Gasteiger charge is 2.11. The van der Waals surface area contributed by atoms with Gasteiger partial charge in [-0.15, -0.1) is 0 Å². The van der Waals surface area contributed by atoms with E-state index in [1.807, 2.05) is 0 Å². The molecule has 1 aromatic heterocycles. The molecule has 0 saturated heterocycles. The zero-order valence-corrected chi connectivity index (χ0v) is 7.58. The van der Waals surface area contributed by atoms with Gasteiger partial charge in [-0.3, -0.25) is 0 Å². The van der Waals surface area contributed by atoms with Crippen LogP contribution in [0.3, 0.4) is 0 Å². The molecule has 78 valence electrons. The molecule has 2 rings (SSSR count). The minimum Gasteiger partial charge on any atom is -0.443 e. The molecule has 1 N–H and O–H groups in total. The summed E-state index contributed by atoms with van der Waals surface area (Å²) < 4.78 is 30.7. The Morgan fingerprint density at radius 1 is 1.20 bits per heavy atom. The number of hydrogen-bond acceptors (Lipinski definition) is 3. The maximum absolute atomic E-state index is 12.9. The molecule has 0 aliphatic heterocycles. The molecule has 0 unspecified atom stereocenters. The Labute approximate surface area is 84.0 Å². The quantitative estimate of drug-likeness (QED) is 0.827. The van der Waals surface area contributed by atoms with Crippen molar-refractivity contribution >= 4 is 0 Å². The van der Waals surface area contributed by atoms with E-state index in [9.17, 15) is 8.78 Å². The SMILES string of the molecule is OCc1ncoc1-c1cc(F)cc(F)c1. The first kappa shape index (κ1) is 9.79. The number of hydrogen-bond donors (Lipinski definition) is 1. The fourth-order valence-corrected chi connectivity index (χ4v) is 1.30. The second-order valence-electron chi connectivity index (χ2n) is 2.94. The highest BCUT2D eigenvalue weighted by atomic mass is 19.1. The summed E-state index contributed by atoms with van der Waals surface area (Å²) in [6.45, 7) is -0.343. The van der Waals surface area contributed by atoms with Crippen LogP contribution in [0, 0.1) is 11.6 Å². The molecule has 0 atom stereocenters. The molecule has 0 radical (unpaired) electrons. The highest BCUT2D eigenvalue weighted by molar-refractivity contribution is 5.59. The third-order valence-electron chi connectivity index (χ3n) is 1.92. The fraction of sp³-hybridized carbons (Fsp3) is 0.100. The second kappa shape index (κ2) is 3.78. The van der Waals surface area contributed by atoms with Crippen molar-refractivity contribution in [2.24, 2.45) is 0 Å². The smallest absolute Gasteiger partial charge is 0.181 e. The van der Waals surface area contributed by atoms with Crippen LogP contribution in [0.25, 0.3) is 11.3 Å². The van der Waals surface area contributed by atoms with Crippen molar-refractivity contribution in [3.05, 3.63) is 41.9 Å². The number of aliphatic hydroxyl groups excluding tert-OH is 1. The van der Waals surface area contributed by atoms with Crippen molar-refractivity contribution in [2.75, 3.05) is 0 Å². The summed E-state index contributed by atoms with van der Waals surface area (Å²) in [5.74, 6) is -1.23. The first-order chi connectivity index (χ1) is 7.20. The Morgan fingerprint density at radius 3 is 2.47 bits per heavy atom. The summed E-state index contributed by atoms with van der Waals surface area (Å²) in [7, 11) is 0. The van der Waals surface area contributed by atoms with Crippen LogP contribution in [0.4, 0.5) is 8.78 Å². The number of rotatable bonds is 2. The molecule has 0 fully saturated rings. The molecule has 2 aromatic rings. The number of aliphatic hydroxyl groups is 1. The van der Waals surface area contributed by atoms with E-state index in [1.54, 1.807) is 0 Å². The van der Waals surface area contributed by atoms with Crippen LogP contribution in [0.2, 0.25) is 0 Å². The minimum absolute atomic E-state index is 0.177. The van der Waals surface area contributed by atoms with E-state index in [1.165, 1.54) is 0 Å². The molecule has 0 amide bonds. The first-order valence-electron chi connectivity index (χ1n) is 4.20. The molecule has 3 nitrogen and oxygen atoms in total. The summed E-state index contributed by atoms with van der Waals surface area (Å²) in [5.41, 5.74) is 0.467. The van der Waals surface area contributed by atoms with Crippen LogP contribution < -0.4 is 0 Å². The van der Waals surface area contributed by atoms with Crippen LogP contribution >= 0.6 is 0 Å². The normalized spacial score (nSPS) is 10.6. The van der Waals surface area contributed by atoms with Gasteiger partial charge in [0.25, 0.3) is 0 Å². The molecule has 15 heavy (non-hydrogen) atoms. The van der Waals surface area contributed by atoms with Crippen LogP contribution in [0.15, 0.2) is 29.0 Å². The van der Waals surface area contributed by atoms with E-state index in [4.69, 9.17) is 9.52 Å². The zero-order chi connectivity index (χ0) is 10.8. The van der Waals surface area contributed by atoms with Crippen molar-refractivity contribution in [3.8, 4) is 11.3 Å². The van der Waals surface area contributed by atoms with Crippen LogP contribution in [-0.2, 0) is 6.61 Å². The lowest BCUT2D eigenvalue weighted by Crippen LogP contribution is -1.88. The van der Waals surface area contributed by atoms with Crippen LogP contribution in [0.1, 0.15) is 5.69 Å². The van der Waals surface area contributed by atoms with E-state index >= 15 is 0 Å². The lowest BCUT2D eigenvalue weighted by atomic mass is 10.1. The molecule has 5 heteroatoms. The largest absolute Gasteiger partial charge is 0.443 e. The van der Waals surface area contributed by atoms with Gasteiger partial charge in [-0.05, 0) is 12.1 Å². The molecule has 0 saturated carbocycles. The van der Waals surface area contributed by atoms with Gasteiger partial charge < -0.3 is 9.52 Å². The van der Waals surface area contributed by atoms with Gasteiger partial charge >= 0.3 is 0 Å². The molecule has 0 aliphatic carbocycles. The Hall–Kier alpha value is -1.75. The Balaban J connectivity index is 2.53. The summed E-state index contributed by atoms with van der Waals surface area (Å²) in [4.78, 5) is 3.71. The molecule has 0 bridgehead atoms. The van der Waals surface area contributed by atoms with Gasteiger partial charge in [0.15, 0.2) is 12.2 Å². The first-order valence-corrected chi connectivity index (χ1v) is 4.20.